The molecular weight excluding hydrogens is 202 g/mol. The van der Waals surface area contributed by atoms with Gasteiger partial charge in [0, 0.05) is 6.08 Å². The Labute approximate surface area is 95.3 Å². The van der Waals surface area contributed by atoms with Crippen LogP contribution < -0.4 is 0 Å². The molecule has 0 saturated carbocycles. The highest BCUT2D eigenvalue weighted by Crippen LogP contribution is 2.05. The maximum absolute atomic E-state index is 11.3. The number of carbonyl (C=O) groups is 1. The van der Waals surface area contributed by atoms with Crippen LogP contribution in [-0.4, -0.2) is 22.7 Å². The minimum atomic E-state index is -0.457. The van der Waals surface area contributed by atoms with Crippen molar-refractivity contribution in [1.29, 1.82) is 0 Å². The van der Waals surface area contributed by atoms with Crippen LogP contribution in [0.25, 0.3) is 6.08 Å². The predicted octanol–water partition coefficient (Wildman–Crippen LogP) is 2.41. The van der Waals surface area contributed by atoms with E-state index in [1.54, 1.807) is 6.08 Å². The summed E-state index contributed by atoms with van der Waals surface area (Å²) in [6, 6.07) is 7.75. The van der Waals surface area contributed by atoms with Gasteiger partial charge in [-0.15, -0.1) is 6.58 Å². The van der Waals surface area contributed by atoms with E-state index >= 15 is 0 Å². The summed E-state index contributed by atoms with van der Waals surface area (Å²) in [5.41, 5.74) is 2.06. The van der Waals surface area contributed by atoms with E-state index in [-0.39, 0.29) is 6.54 Å². The van der Waals surface area contributed by atoms with Gasteiger partial charge < -0.3 is 0 Å². The smallest absolute Gasteiger partial charge is 0.270 e. The standard InChI is InChI=1S/C13H15NO2/c1-3-9-14(16)13(15)8-7-12-6-4-5-11(2)10-12/h3-8,10,16H,1,9H2,2H3/b8-7+. The van der Waals surface area contributed by atoms with Gasteiger partial charge in [-0.05, 0) is 18.6 Å². The average Bonchev–Trinajstić information content (AvgIpc) is 2.26. The highest BCUT2D eigenvalue weighted by Gasteiger charge is 2.03. The van der Waals surface area contributed by atoms with Gasteiger partial charge in [0.1, 0.15) is 0 Å². The summed E-state index contributed by atoms with van der Waals surface area (Å²) < 4.78 is 0. The predicted molar refractivity (Wildman–Crippen MR) is 63.9 cm³/mol. The summed E-state index contributed by atoms with van der Waals surface area (Å²) >= 11 is 0. The van der Waals surface area contributed by atoms with Crippen LogP contribution in [0, 0.1) is 6.92 Å². The quantitative estimate of drug-likeness (QED) is 0.364. The molecule has 0 radical (unpaired) electrons. The maximum atomic E-state index is 11.3. The number of rotatable bonds is 4. The number of hydroxylamine groups is 2. The third-order valence-electron chi connectivity index (χ3n) is 2.02. The van der Waals surface area contributed by atoms with E-state index in [0.29, 0.717) is 5.06 Å². The van der Waals surface area contributed by atoms with Crippen molar-refractivity contribution >= 4 is 12.0 Å². The summed E-state index contributed by atoms with van der Waals surface area (Å²) in [5.74, 6) is -0.457. The molecule has 0 aromatic heterocycles. The second-order valence-corrected chi connectivity index (χ2v) is 3.46. The van der Waals surface area contributed by atoms with Gasteiger partial charge in [-0.1, -0.05) is 35.9 Å². The number of hydrogen-bond acceptors (Lipinski definition) is 2. The molecule has 0 saturated heterocycles. The summed E-state index contributed by atoms with van der Waals surface area (Å²) in [6.45, 7) is 5.54. The minimum Gasteiger partial charge on any atom is -0.285 e. The first kappa shape index (κ1) is 12.2. The lowest BCUT2D eigenvalue weighted by molar-refractivity contribution is -0.156. The molecule has 0 fully saturated rings. The van der Waals surface area contributed by atoms with Gasteiger partial charge in [0.15, 0.2) is 0 Å². The third-order valence-corrected chi connectivity index (χ3v) is 2.02. The van der Waals surface area contributed by atoms with Crippen molar-refractivity contribution in [2.24, 2.45) is 0 Å². The molecule has 1 N–H and O–H groups in total. The molecule has 1 amide bonds. The van der Waals surface area contributed by atoms with Gasteiger partial charge >= 0.3 is 0 Å². The average molecular weight is 217 g/mol. The van der Waals surface area contributed by atoms with E-state index in [1.165, 1.54) is 12.2 Å². The summed E-state index contributed by atoms with van der Waals surface area (Å²) in [7, 11) is 0. The van der Waals surface area contributed by atoms with Gasteiger partial charge in [0.05, 0.1) is 6.54 Å². The van der Waals surface area contributed by atoms with Crippen LogP contribution in [-0.2, 0) is 4.79 Å². The zero-order valence-corrected chi connectivity index (χ0v) is 9.26. The van der Waals surface area contributed by atoms with E-state index in [1.807, 2.05) is 31.2 Å². The highest BCUT2D eigenvalue weighted by atomic mass is 16.5. The zero-order valence-electron chi connectivity index (χ0n) is 9.26. The first-order valence-electron chi connectivity index (χ1n) is 4.99. The van der Waals surface area contributed by atoms with E-state index in [0.717, 1.165) is 11.1 Å². The lowest BCUT2D eigenvalue weighted by Gasteiger charge is -2.08. The van der Waals surface area contributed by atoms with Gasteiger partial charge in [-0.3, -0.25) is 10.0 Å². The maximum Gasteiger partial charge on any atom is 0.270 e. The van der Waals surface area contributed by atoms with Crippen LogP contribution in [0.1, 0.15) is 11.1 Å². The first-order valence-corrected chi connectivity index (χ1v) is 4.99. The number of hydrogen-bond donors (Lipinski definition) is 1. The van der Waals surface area contributed by atoms with Crippen molar-refractivity contribution in [2.75, 3.05) is 6.54 Å². The third kappa shape index (κ3) is 3.71. The van der Waals surface area contributed by atoms with Crippen molar-refractivity contribution in [3.8, 4) is 0 Å². The van der Waals surface area contributed by atoms with Crippen LogP contribution in [0.3, 0.4) is 0 Å². The Balaban J connectivity index is 2.66. The largest absolute Gasteiger partial charge is 0.285 e. The van der Waals surface area contributed by atoms with Crippen LogP contribution in [0.5, 0.6) is 0 Å². The SMILES string of the molecule is C=CCN(O)C(=O)/C=C/c1cccc(C)c1. The number of nitrogens with zero attached hydrogens (tertiary/aromatic N) is 1. The van der Waals surface area contributed by atoms with Crippen LogP contribution >= 0.6 is 0 Å². The molecule has 84 valence electrons. The molecule has 1 aromatic rings. The molecule has 0 aliphatic rings. The van der Waals surface area contributed by atoms with Crippen LogP contribution in [0.2, 0.25) is 0 Å². The van der Waals surface area contributed by atoms with E-state index < -0.39 is 5.91 Å². The molecule has 16 heavy (non-hydrogen) atoms. The zero-order chi connectivity index (χ0) is 12.0. The topological polar surface area (TPSA) is 40.5 Å². The van der Waals surface area contributed by atoms with Crippen molar-refractivity contribution < 1.29 is 10.0 Å². The molecule has 0 spiro atoms. The van der Waals surface area contributed by atoms with Gasteiger partial charge in [0.2, 0.25) is 0 Å². The van der Waals surface area contributed by atoms with Crippen molar-refractivity contribution in [1.82, 2.24) is 5.06 Å². The monoisotopic (exact) mass is 217 g/mol. The highest BCUT2D eigenvalue weighted by molar-refractivity contribution is 5.91. The molecule has 0 bridgehead atoms. The Morgan fingerprint density at radius 1 is 1.56 bits per heavy atom. The Bertz CT molecular complexity index is 410. The Hall–Kier alpha value is -1.87. The molecule has 1 rings (SSSR count). The molecule has 3 heteroatoms. The number of aryl methyl sites for hydroxylation is 1. The van der Waals surface area contributed by atoms with Gasteiger partial charge in [-0.25, -0.2) is 5.06 Å². The molecule has 0 heterocycles. The molecule has 0 aliphatic carbocycles. The fraction of sp³-hybridized carbons (Fsp3) is 0.154. The van der Waals surface area contributed by atoms with Crippen LogP contribution in [0.4, 0.5) is 0 Å². The lowest BCUT2D eigenvalue weighted by atomic mass is 10.1. The lowest BCUT2D eigenvalue weighted by Crippen LogP contribution is -2.25. The second-order valence-electron chi connectivity index (χ2n) is 3.46. The van der Waals surface area contributed by atoms with Gasteiger partial charge in [-0.2, -0.15) is 0 Å². The van der Waals surface area contributed by atoms with E-state index in [9.17, 15) is 10.0 Å². The first-order chi connectivity index (χ1) is 7.63. The normalized spacial score (nSPS) is 10.4. The van der Waals surface area contributed by atoms with E-state index in [4.69, 9.17) is 0 Å². The Morgan fingerprint density at radius 3 is 2.94 bits per heavy atom. The number of carbonyl (C=O) groups excluding carboxylic acids is 1. The molecule has 1 aromatic carbocycles. The summed E-state index contributed by atoms with van der Waals surface area (Å²) in [4.78, 5) is 11.3. The molecule has 0 aliphatic heterocycles. The molecule has 0 atom stereocenters. The fourth-order valence-electron chi connectivity index (χ4n) is 1.24. The Kier molecular flexibility index (Phi) is 4.48. The van der Waals surface area contributed by atoms with Crippen molar-refractivity contribution in [3.05, 3.63) is 54.1 Å². The molecular formula is C13H15NO2. The minimum absolute atomic E-state index is 0.122. The summed E-state index contributed by atoms with van der Waals surface area (Å²) in [5, 5.41) is 9.82. The molecule has 0 unspecified atom stereocenters. The fourth-order valence-corrected chi connectivity index (χ4v) is 1.24. The Morgan fingerprint density at radius 2 is 2.31 bits per heavy atom. The number of benzene rings is 1. The summed E-state index contributed by atoms with van der Waals surface area (Å²) in [6.07, 6.45) is 4.46. The van der Waals surface area contributed by atoms with Crippen molar-refractivity contribution in [2.45, 2.75) is 6.92 Å². The van der Waals surface area contributed by atoms with Gasteiger partial charge in [0.25, 0.3) is 5.91 Å². The van der Waals surface area contributed by atoms with Crippen LogP contribution in [0.15, 0.2) is 43.0 Å². The van der Waals surface area contributed by atoms with E-state index in [2.05, 4.69) is 6.58 Å². The molecule has 3 nitrogen and oxygen atoms in total. The number of amides is 1. The second kappa shape index (κ2) is 5.88. The van der Waals surface area contributed by atoms with Crippen molar-refractivity contribution in [3.63, 3.8) is 0 Å².